The molecular weight excluding hydrogens is 278 g/mol. The summed E-state index contributed by atoms with van der Waals surface area (Å²) in [7, 11) is 4.89. The number of methoxy groups -OCH3 is 2. The number of anilines is 1. The molecule has 2 rings (SSSR count). The van der Waals surface area contributed by atoms with Crippen molar-refractivity contribution < 1.29 is 14.3 Å². The molecule has 0 heterocycles. The number of carbonyl (C=O) groups excluding carboxylic acids is 1. The number of aryl methyl sites for hydroxylation is 2. The van der Waals surface area contributed by atoms with Gasteiger partial charge in [-0.2, -0.15) is 0 Å². The summed E-state index contributed by atoms with van der Waals surface area (Å²) in [6.45, 7) is 4.09. The maximum atomic E-state index is 12.6. The van der Waals surface area contributed by atoms with E-state index in [4.69, 9.17) is 9.47 Å². The van der Waals surface area contributed by atoms with Crippen LogP contribution in [-0.4, -0.2) is 27.2 Å². The zero-order valence-corrected chi connectivity index (χ0v) is 13.6. The molecule has 4 nitrogen and oxygen atoms in total. The summed E-state index contributed by atoms with van der Waals surface area (Å²) < 4.78 is 10.4. The van der Waals surface area contributed by atoms with Gasteiger partial charge in [0.15, 0.2) is 11.5 Å². The molecule has 0 bridgehead atoms. The van der Waals surface area contributed by atoms with Crippen molar-refractivity contribution in [3.05, 3.63) is 53.1 Å². The molecule has 2 aromatic rings. The van der Waals surface area contributed by atoms with Crippen LogP contribution in [0.5, 0.6) is 11.5 Å². The molecule has 4 heteroatoms. The standard InChI is InChI=1S/C18H21NO3/c1-12-6-8-15(10-13(12)2)19(3)18(20)14-7-9-16(21-4)17(11-14)22-5/h6-11H,1-5H3. The molecule has 0 aromatic heterocycles. The lowest BCUT2D eigenvalue weighted by atomic mass is 10.1. The van der Waals surface area contributed by atoms with Crippen LogP contribution in [0.15, 0.2) is 36.4 Å². The fourth-order valence-corrected chi connectivity index (χ4v) is 2.21. The molecule has 0 N–H and O–H groups in total. The molecule has 0 saturated heterocycles. The van der Waals surface area contributed by atoms with E-state index in [-0.39, 0.29) is 5.91 Å². The number of benzene rings is 2. The zero-order chi connectivity index (χ0) is 16.3. The lowest BCUT2D eigenvalue weighted by Crippen LogP contribution is -2.26. The molecule has 0 saturated carbocycles. The molecule has 0 aliphatic rings. The molecule has 0 atom stereocenters. The maximum absolute atomic E-state index is 12.6. The number of carbonyl (C=O) groups is 1. The van der Waals surface area contributed by atoms with E-state index < -0.39 is 0 Å². The minimum absolute atomic E-state index is 0.0933. The number of hydrogen-bond acceptors (Lipinski definition) is 3. The summed E-state index contributed by atoms with van der Waals surface area (Å²) >= 11 is 0. The smallest absolute Gasteiger partial charge is 0.258 e. The summed E-state index contributed by atoms with van der Waals surface area (Å²) in [4.78, 5) is 14.3. The molecule has 116 valence electrons. The number of ether oxygens (including phenoxy) is 2. The van der Waals surface area contributed by atoms with Gasteiger partial charge in [-0.25, -0.2) is 0 Å². The summed E-state index contributed by atoms with van der Waals surface area (Å²) in [6, 6.07) is 11.1. The van der Waals surface area contributed by atoms with E-state index in [1.54, 1.807) is 44.4 Å². The highest BCUT2D eigenvalue weighted by molar-refractivity contribution is 6.06. The Kier molecular flexibility index (Phi) is 4.71. The van der Waals surface area contributed by atoms with Crippen molar-refractivity contribution in [1.82, 2.24) is 0 Å². The lowest BCUT2D eigenvalue weighted by molar-refractivity contribution is 0.0992. The molecule has 22 heavy (non-hydrogen) atoms. The molecule has 0 unspecified atom stereocenters. The van der Waals surface area contributed by atoms with Gasteiger partial charge >= 0.3 is 0 Å². The second kappa shape index (κ2) is 6.52. The van der Waals surface area contributed by atoms with E-state index in [0.717, 1.165) is 11.3 Å². The van der Waals surface area contributed by atoms with Gasteiger partial charge in [0.05, 0.1) is 14.2 Å². The zero-order valence-electron chi connectivity index (χ0n) is 13.6. The van der Waals surface area contributed by atoms with Gasteiger partial charge in [0.2, 0.25) is 0 Å². The normalized spacial score (nSPS) is 10.2. The van der Waals surface area contributed by atoms with E-state index in [2.05, 4.69) is 6.92 Å². The highest BCUT2D eigenvalue weighted by Gasteiger charge is 2.16. The van der Waals surface area contributed by atoms with Crippen LogP contribution in [0.4, 0.5) is 5.69 Å². The van der Waals surface area contributed by atoms with Gasteiger partial charge in [-0.15, -0.1) is 0 Å². The van der Waals surface area contributed by atoms with Crippen LogP contribution in [-0.2, 0) is 0 Å². The SMILES string of the molecule is COc1ccc(C(=O)N(C)c2ccc(C)c(C)c2)cc1OC. The van der Waals surface area contributed by atoms with Crippen molar-refractivity contribution in [1.29, 1.82) is 0 Å². The number of hydrogen-bond donors (Lipinski definition) is 0. The number of rotatable bonds is 4. The molecule has 0 fully saturated rings. The first-order valence-electron chi connectivity index (χ1n) is 7.05. The Morgan fingerprint density at radius 2 is 1.59 bits per heavy atom. The molecule has 0 radical (unpaired) electrons. The number of amides is 1. The second-order valence-corrected chi connectivity index (χ2v) is 5.20. The fourth-order valence-electron chi connectivity index (χ4n) is 2.21. The van der Waals surface area contributed by atoms with Gasteiger partial charge in [-0.3, -0.25) is 4.79 Å². The van der Waals surface area contributed by atoms with Gasteiger partial charge < -0.3 is 14.4 Å². The van der Waals surface area contributed by atoms with Gasteiger partial charge in [0.25, 0.3) is 5.91 Å². The highest BCUT2D eigenvalue weighted by Crippen LogP contribution is 2.28. The Morgan fingerprint density at radius 3 is 2.18 bits per heavy atom. The first kappa shape index (κ1) is 15.9. The Balaban J connectivity index is 2.32. The predicted molar refractivity (Wildman–Crippen MR) is 88.2 cm³/mol. The van der Waals surface area contributed by atoms with Gasteiger partial charge in [0, 0.05) is 18.3 Å². The van der Waals surface area contributed by atoms with Crippen LogP contribution in [0.1, 0.15) is 21.5 Å². The minimum atomic E-state index is -0.0933. The minimum Gasteiger partial charge on any atom is -0.493 e. The quantitative estimate of drug-likeness (QED) is 0.866. The molecular formula is C18H21NO3. The first-order chi connectivity index (χ1) is 10.5. The van der Waals surface area contributed by atoms with E-state index in [0.29, 0.717) is 17.1 Å². The lowest BCUT2D eigenvalue weighted by Gasteiger charge is -2.19. The Morgan fingerprint density at radius 1 is 0.909 bits per heavy atom. The van der Waals surface area contributed by atoms with Crippen LogP contribution < -0.4 is 14.4 Å². The van der Waals surface area contributed by atoms with Gasteiger partial charge in [-0.1, -0.05) is 6.07 Å². The highest BCUT2D eigenvalue weighted by atomic mass is 16.5. The van der Waals surface area contributed by atoms with Crippen molar-refractivity contribution in [2.24, 2.45) is 0 Å². The Bertz CT molecular complexity index is 695. The van der Waals surface area contributed by atoms with Crippen LogP contribution >= 0.6 is 0 Å². The van der Waals surface area contributed by atoms with Crippen LogP contribution in [0, 0.1) is 13.8 Å². The third-order valence-corrected chi connectivity index (χ3v) is 3.81. The Labute approximate surface area is 131 Å². The van der Waals surface area contributed by atoms with Gasteiger partial charge in [0.1, 0.15) is 0 Å². The summed E-state index contributed by atoms with van der Waals surface area (Å²) in [5.74, 6) is 1.05. The second-order valence-electron chi connectivity index (χ2n) is 5.20. The summed E-state index contributed by atoms with van der Waals surface area (Å²) in [5.41, 5.74) is 3.78. The molecule has 1 amide bonds. The first-order valence-corrected chi connectivity index (χ1v) is 7.05. The molecule has 0 aliphatic heterocycles. The van der Waals surface area contributed by atoms with Gasteiger partial charge in [-0.05, 0) is 55.3 Å². The molecule has 0 aliphatic carbocycles. The van der Waals surface area contributed by atoms with Crippen LogP contribution in [0.2, 0.25) is 0 Å². The van der Waals surface area contributed by atoms with Crippen molar-refractivity contribution in [2.75, 3.05) is 26.2 Å². The predicted octanol–water partition coefficient (Wildman–Crippen LogP) is 3.60. The van der Waals surface area contributed by atoms with E-state index in [1.807, 2.05) is 25.1 Å². The average Bonchev–Trinajstić information content (AvgIpc) is 2.55. The Hall–Kier alpha value is -2.49. The summed E-state index contributed by atoms with van der Waals surface area (Å²) in [5, 5.41) is 0. The van der Waals surface area contributed by atoms with Crippen molar-refractivity contribution >= 4 is 11.6 Å². The largest absolute Gasteiger partial charge is 0.493 e. The van der Waals surface area contributed by atoms with E-state index in [9.17, 15) is 4.79 Å². The molecule has 0 spiro atoms. The molecule has 2 aromatic carbocycles. The van der Waals surface area contributed by atoms with Crippen LogP contribution in [0.25, 0.3) is 0 Å². The van der Waals surface area contributed by atoms with Crippen molar-refractivity contribution in [3.63, 3.8) is 0 Å². The van der Waals surface area contributed by atoms with Crippen molar-refractivity contribution in [2.45, 2.75) is 13.8 Å². The average molecular weight is 299 g/mol. The maximum Gasteiger partial charge on any atom is 0.258 e. The third kappa shape index (κ3) is 3.06. The van der Waals surface area contributed by atoms with Crippen LogP contribution in [0.3, 0.4) is 0 Å². The topological polar surface area (TPSA) is 38.8 Å². The summed E-state index contributed by atoms with van der Waals surface area (Å²) in [6.07, 6.45) is 0. The van der Waals surface area contributed by atoms with E-state index in [1.165, 1.54) is 5.56 Å². The van der Waals surface area contributed by atoms with Crippen molar-refractivity contribution in [3.8, 4) is 11.5 Å². The number of nitrogens with zero attached hydrogens (tertiary/aromatic N) is 1. The third-order valence-electron chi connectivity index (χ3n) is 3.81. The fraction of sp³-hybridized carbons (Fsp3) is 0.278. The monoisotopic (exact) mass is 299 g/mol. The van der Waals surface area contributed by atoms with E-state index >= 15 is 0 Å².